The van der Waals surface area contributed by atoms with Crippen molar-refractivity contribution >= 4 is 27.5 Å². The van der Waals surface area contributed by atoms with Gasteiger partial charge in [0.2, 0.25) is 0 Å². The Morgan fingerprint density at radius 3 is 2.71 bits per heavy atom. The molecule has 2 rings (SSSR count). The number of halogens is 1. The molecule has 1 unspecified atom stereocenters. The molecule has 0 bridgehead atoms. The van der Waals surface area contributed by atoms with E-state index < -0.39 is 6.10 Å². The first-order chi connectivity index (χ1) is 9.82. The number of methoxy groups -OCH3 is 1. The van der Waals surface area contributed by atoms with E-state index in [2.05, 4.69) is 46.3 Å². The molecule has 0 radical (unpaired) electrons. The fraction of sp³-hybridized carbons (Fsp3) is 0.467. The molecular weight excluding hydrogens is 352 g/mol. The Hall–Kier alpha value is -0.980. The Morgan fingerprint density at radius 1 is 1.38 bits per heavy atom. The average molecular weight is 371 g/mol. The van der Waals surface area contributed by atoms with Crippen LogP contribution in [0.3, 0.4) is 0 Å². The van der Waals surface area contributed by atoms with Gasteiger partial charge in [-0.25, -0.2) is 0 Å². The van der Waals surface area contributed by atoms with Crippen LogP contribution in [0.1, 0.15) is 43.0 Å². The molecule has 1 atom stereocenters. The fourth-order valence-electron chi connectivity index (χ4n) is 2.07. The zero-order valence-electron chi connectivity index (χ0n) is 12.6. The van der Waals surface area contributed by atoms with Crippen LogP contribution >= 0.6 is 27.5 Å². The lowest BCUT2D eigenvalue weighted by atomic mass is 9.89. The van der Waals surface area contributed by atoms with Crippen molar-refractivity contribution in [1.82, 2.24) is 9.59 Å². The van der Waals surface area contributed by atoms with Gasteiger partial charge in [0.05, 0.1) is 23.8 Å². The van der Waals surface area contributed by atoms with Crippen molar-refractivity contribution in [3.05, 3.63) is 38.8 Å². The van der Waals surface area contributed by atoms with Crippen LogP contribution in [0.4, 0.5) is 0 Å². The third-order valence-electron chi connectivity index (χ3n) is 3.19. The van der Waals surface area contributed by atoms with Crippen LogP contribution in [-0.4, -0.2) is 21.8 Å². The van der Waals surface area contributed by atoms with Crippen molar-refractivity contribution < 1.29 is 9.84 Å². The summed E-state index contributed by atoms with van der Waals surface area (Å²) in [5.74, 6) is 0.777. The van der Waals surface area contributed by atoms with Crippen LogP contribution in [0.15, 0.2) is 22.7 Å². The van der Waals surface area contributed by atoms with Crippen LogP contribution in [0, 0.1) is 0 Å². The van der Waals surface area contributed by atoms with E-state index in [1.807, 2.05) is 18.2 Å². The third-order valence-corrected chi connectivity index (χ3v) is 4.79. The Balaban J connectivity index is 2.27. The van der Waals surface area contributed by atoms with Crippen molar-refractivity contribution in [2.75, 3.05) is 7.11 Å². The molecule has 1 aromatic carbocycles. The summed E-state index contributed by atoms with van der Waals surface area (Å²) in [6, 6.07) is 5.74. The minimum Gasteiger partial charge on any atom is -0.497 e. The maximum atomic E-state index is 10.6. The normalized spacial score (nSPS) is 13.2. The molecule has 4 nitrogen and oxygen atoms in total. The van der Waals surface area contributed by atoms with Gasteiger partial charge in [-0.15, -0.1) is 5.10 Å². The standard InChI is InChI=1S/C15H19BrN2O2S/c1-15(2,3)14-13(21-18-17-14)12(19)8-9-7-10(20-4)5-6-11(9)16/h5-7,12,19H,8H2,1-4H3. The molecule has 0 spiro atoms. The van der Waals surface area contributed by atoms with Gasteiger partial charge >= 0.3 is 0 Å². The summed E-state index contributed by atoms with van der Waals surface area (Å²) in [7, 11) is 1.63. The van der Waals surface area contributed by atoms with Gasteiger partial charge in [0, 0.05) is 16.3 Å². The summed E-state index contributed by atoms with van der Waals surface area (Å²) in [4.78, 5) is 0.831. The monoisotopic (exact) mass is 370 g/mol. The molecule has 1 N–H and O–H groups in total. The molecule has 0 saturated heterocycles. The largest absolute Gasteiger partial charge is 0.497 e. The Bertz CT molecular complexity index is 622. The number of ether oxygens (including phenoxy) is 1. The average Bonchev–Trinajstić information content (AvgIpc) is 2.90. The van der Waals surface area contributed by atoms with Gasteiger partial charge in [-0.05, 0) is 35.3 Å². The molecule has 0 fully saturated rings. The molecule has 114 valence electrons. The van der Waals surface area contributed by atoms with Crippen molar-refractivity contribution in [2.45, 2.75) is 38.7 Å². The molecular formula is C15H19BrN2O2S. The zero-order valence-corrected chi connectivity index (χ0v) is 15.0. The van der Waals surface area contributed by atoms with Crippen LogP contribution in [0.2, 0.25) is 0 Å². The van der Waals surface area contributed by atoms with E-state index in [0.717, 1.165) is 26.4 Å². The van der Waals surface area contributed by atoms with E-state index >= 15 is 0 Å². The topological polar surface area (TPSA) is 55.2 Å². The van der Waals surface area contributed by atoms with Crippen LogP contribution < -0.4 is 4.74 Å². The first kappa shape index (κ1) is 16.4. The van der Waals surface area contributed by atoms with Crippen molar-refractivity contribution in [2.24, 2.45) is 0 Å². The van der Waals surface area contributed by atoms with Crippen LogP contribution in [0.25, 0.3) is 0 Å². The van der Waals surface area contributed by atoms with E-state index in [1.165, 1.54) is 11.5 Å². The fourth-order valence-corrected chi connectivity index (χ4v) is 3.33. The second kappa shape index (κ2) is 6.42. The molecule has 2 aromatic rings. The van der Waals surface area contributed by atoms with Gasteiger partial charge in [-0.2, -0.15) is 0 Å². The molecule has 0 aliphatic heterocycles. The summed E-state index contributed by atoms with van der Waals surface area (Å²) >= 11 is 4.78. The van der Waals surface area contributed by atoms with E-state index in [-0.39, 0.29) is 5.41 Å². The molecule has 6 heteroatoms. The number of hydrogen-bond acceptors (Lipinski definition) is 5. The van der Waals surface area contributed by atoms with E-state index in [9.17, 15) is 5.11 Å². The van der Waals surface area contributed by atoms with Crippen molar-refractivity contribution in [1.29, 1.82) is 0 Å². The minimum atomic E-state index is -0.623. The first-order valence-electron chi connectivity index (χ1n) is 6.66. The molecule has 1 aromatic heterocycles. The number of aliphatic hydroxyl groups is 1. The number of benzene rings is 1. The lowest BCUT2D eigenvalue weighted by Gasteiger charge is -2.19. The zero-order chi connectivity index (χ0) is 15.6. The highest BCUT2D eigenvalue weighted by Crippen LogP contribution is 2.33. The summed E-state index contributed by atoms with van der Waals surface area (Å²) in [5.41, 5.74) is 1.73. The summed E-state index contributed by atoms with van der Waals surface area (Å²) in [6.45, 7) is 6.21. The predicted molar refractivity (Wildman–Crippen MR) is 88.0 cm³/mol. The molecule has 1 heterocycles. The Morgan fingerprint density at radius 2 is 2.10 bits per heavy atom. The Kier molecular flexibility index (Phi) is 5.01. The highest BCUT2D eigenvalue weighted by atomic mass is 79.9. The SMILES string of the molecule is COc1ccc(Br)c(CC(O)c2snnc2C(C)(C)C)c1. The Labute approximate surface area is 137 Å². The second-order valence-corrected chi connectivity index (χ2v) is 7.55. The van der Waals surface area contributed by atoms with Gasteiger partial charge in [-0.3, -0.25) is 0 Å². The molecule has 0 aliphatic carbocycles. The number of rotatable bonds is 4. The summed E-state index contributed by atoms with van der Waals surface area (Å²) in [5, 5.41) is 14.7. The van der Waals surface area contributed by atoms with Crippen LogP contribution in [-0.2, 0) is 11.8 Å². The van der Waals surface area contributed by atoms with Gasteiger partial charge in [-0.1, -0.05) is 41.2 Å². The maximum absolute atomic E-state index is 10.6. The summed E-state index contributed by atoms with van der Waals surface area (Å²) in [6.07, 6.45) is -0.132. The highest BCUT2D eigenvalue weighted by molar-refractivity contribution is 9.10. The number of aromatic nitrogens is 2. The number of aliphatic hydroxyl groups excluding tert-OH is 1. The third kappa shape index (κ3) is 3.81. The lowest BCUT2D eigenvalue weighted by molar-refractivity contribution is 0.179. The summed E-state index contributed by atoms with van der Waals surface area (Å²) < 4.78 is 10.2. The van der Waals surface area contributed by atoms with Crippen LogP contribution in [0.5, 0.6) is 5.75 Å². The minimum absolute atomic E-state index is 0.130. The predicted octanol–water partition coefficient (Wildman–Crippen LogP) is 3.88. The van der Waals surface area contributed by atoms with Crippen molar-refractivity contribution in [3.8, 4) is 5.75 Å². The molecule has 0 amide bonds. The van der Waals surface area contributed by atoms with E-state index in [1.54, 1.807) is 7.11 Å². The number of nitrogens with zero attached hydrogens (tertiary/aromatic N) is 2. The molecule has 0 saturated carbocycles. The lowest BCUT2D eigenvalue weighted by Crippen LogP contribution is -2.16. The van der Waals surface area contributed by atoms with Gasteiger partial charge in [0.25, 0.3) is 0 Å². The number of hydrogen-bond donors (Lipinski definition) is 1. The second-order valence-electron chi connectivity index (χ2n) is 5.91. The molecule has 0 aliphatic rings. The first-order valence-corrected chi connectivity index (χ1v) is 8.22. The van der Waals surface area contributed by atoms with Gasteiger partial charge in [0.15, 0.2) is 0 Å². The smallest absolute Gasteiger partial charge is 0.119 e. The maximum Gasteiger partial charge on any atom is 0.119 e. The molecule has 21 heavy (non-hydrogen) atoms. The quantitative estimate of drug-likeness (QED) is 0.886. The van der Waals surface area contributed by atoms with E-state index in [0.29, 0.717) is 6.42 Å². The van der Waals surface area contributed by atoms with E-state index in [4.69, 9.17) is 4.74 Å². The highest BCUT2D eigenvalue weighted by Gasteiger charge is 2.26. The van der Waals surface area contributed by atoms with Crippen molar-refractivity contribution in [3.63, 3.8) is 0 Å². The van der Waals surface area contributed by atoms with Gasteiger partial charge < -0.3 is 9.84 Å². The van der Waals surface area contributed by atoms with Gasteiger partial charge in [0.1, 0.15) is 5.75 Å².